The lowest BCUT2D eigenvalue weighted by molar-refractivity contribution is 0.0368. The number of carboxylic acids is 1. The van der Waals surface area contributed by atoms with E-state index in [1.807, 2.05) is 6.92 Å². The highest BCUT2D eigenvalue weighted by Gasteiger charge is 2.15. The van der Waals surface area contributed by atoms with Gasteiger partial charge in [-0.1, -0.05) is 0 Å². The van der Waals surface area contributed by atoms with Crippen LogP contribution in [0.1, 0.15) is 17.3 Å². The molecule has 0 saturated carbocycles. The highest BCUT2D eigenvalue weighted by Crippen LogP contribution is 2.15. The van der Waals surface area contributed by atoms with Gasteiger partial charge in [0.2, 0.25) is 0 Å². The second-order valence-corrected chi connectivity index (χ2v) is 4.92. The minimum absolute atomic E-state index is 0.0704. The number of carboxylic acid groups (broad SMARTS) is 1. The molecule has 1 aliphatic heterocycles. The molecular formula is C13H20N4O3. The number of rotatable bonds is 5. The smallest absolute Gasteiger partial charge is 0.337 e. The summed E-state index contributed by atoms with van der Waals surface area (Å²) in [7, 11) is 0. The zero-order chi connectivity index (χ0) is 14.5. The standard InChI is InChI=1S/C13H20N4O3/c1-9(8-17-2-4-20-5-3-17)16-12-6-10(13(18)19)11(14)7-15-12/h6-7,9H,2-5,8,14H2,1H3,(H,15,16)(H,18,19). The summed E-state index contributed by atoms with van der Waals surface area (Å²) in [5.74, 6) is -0.522. The van der Waals surface area contributed by atoms with Crippen LogP contribution in [0.2, 0.25) is 0 Å². The van der Waals surface area contributed by atoms with Crippen molar-refractivity contribution in [1.29, 1.82) is 0 Å². The zero-order valence-corrected chi connectivity index (χ0v) is 11.5. The Labute approximate surface area is 117 Å². The summed E-state index contributed by atoms with van der Waals surface area (Å²) in [4.78, 5) is 17.4. The van der Waals surface area contributed by atoms with E-state index in [0.717, 1.165) is 32.8 Å². The third kappa shape index (κ3) is 3.82. The van der Waals surface area contributed by atoms with Crippen LogP contribution < -0.4 is 11.1 Å². The average Bonchev–Trinajstić information content (AvgIpc) is 2.41. The topological polar surface area (TPSA) is 101 Å². The van der Waals surface area contributed by atoms with Crippen LogP contribution in [-0.2, 0) is 4.74 Å². The summed E-state index contributed by atoms with van der Waals surface area (Å²) >= 11 is 0. The molecule has 2 heterocycles. The number of morpholine rings is 1. The molecule has 110 valence electrons. The summed E-state index contributed by atoms with van der Waals surface area (Å²) in [6, 6.07) is 1.62. The fourth-order valence-electron chi connectivity index (χ4n) is 2.20. The van der Waals surface area contributed by atoms with Crippen molar-refractivity contribution in [3.63, 3.8) is 0 Å². The van der Waals surface area contributed by atoms with E-state index in [1.54, 1.807) is 0 Å². The van der Waals surface area contributed by atoms with Crippen molar-refractivity contribution < 1.29 is 14.6 Å². The number of aromatic nitrogens is 1. The first-order valence-electron chi connectivity index (χ1n) is 6.61. The Hall–Kier alpha value is -1.86. The maximum Gasteiger partial charge on any atom is 0.337 e. The number of nitrogen functional groups attached to an aromatic ring is 1. The Morgan fingerprint density at radius 2 is 2.30 bits per heavy atom. The van der Waals surface area contributed by atoms with Gasteiger partial charge in [-0.3, -0.25) is 4.90 Å². The van der Waals surface area contributed by atoms with Crippen molar-refractivity contribution in [2.24, 2.45) is 0 Å². The predicted octanol–water partition coefficient (Wildman–Crippen LogP) is 0.495. The molecule has 20 heavy (non-hydrogen) atoms. The Balaban J connectivity index is 1.95. The number of anilines is 2. The molecular weight excluding hydrogens is 260 g/mol. The van der Waals surface area contributed by atoms with E-state index >= 15 is 0 Å². The Morgan fingerprint density at radius 1 is 1.60 bits per heavy atom. The Bertz CT molecular complexity index is 475. The first kappa shape index (κ1) is 14.5. The van der Waals surface area contributed by atoms with Gasteiger partial charge in [0, 0.05) is 25.7 Å². The number of aromatic carboxylic acids is 1. The molecule has 0 amide bonds. The van der Waals surface area contributed by atoms with Crippen LogP contribution in [0.4, 0.5) is 11.5 Å². The van der Waals surface area contributed by atoms with Crippen molar-refractivity contribution in [2.75, 3.05) is 43.9 Å². The van der Waals surface area contributed by atoms with Gasteiger partial charge in [-0.05, 0) is 13.0 Å². The Kier molecular flexibility index (Phi) is 4.75. The van der Waals surface area contributed by atoms with Crippen LogP contribution in [0.25, 0.3) is 0 Å². The number of nitrogens with two attached hydrogens (primary N) is 1. The van der Waals surface area contributed by atoms with Crippen LogP contribution >= 0.6 is 0 Å². The Morgan fingerprint density at radius 3 is 2.95 bits per heavy atom. The average molecular weight is 280 g/mol. The first-order chi connectivity index (χ1) is 9.56. The van der Waals surface area contributed by atoms with E-state index in [9.17, 15) is 4.79 Å². The maximum atomic E-state index is 11.0. The molecule has 1 aliphatic rings. The number of nitrogens with one attached hydrogen (secondary N) is 1. The van der Waals surface area contributed by atoms with E-state index in [1.165, 1.54) is 12.3 Å². The molecule has 1 atom stereocenters. The van der Waals surface area contributed by atoms with Crippen LogP contribution in [0.3, 0.4) is 0 Å². The SMILES string of the molecule is CC(CN1CCOCC1)Nc1cc(C(=O)O)c(N)cn1. The molecule has 1 aromatic heterocycles. The fraction of sp³-hybridized carbons (Fsp3) is 0.538. The molecule has 1 aromatic rings. The monoisotopic (exact) mass is 280 g/mol. The van der Waals surface area contributed by atoms with Gasteiger partial charge >= 0.3 is 5.97 Å². The maximum absolute atomic E-state index is 11.0. The summed E-state index contributed by atoms with van der Waals surface area (Å²) < 4.78 is 5.30. The summed E-state index contributed by atoms with van der Waals surface area (Å²) in [6.07, 6.45) is 1.37. The summed E-state index contributed by atoms with van der Waals surface area (Å²) in [6.45, 7) is 6.25. The highest BCUT2D eigenvalue weighted by molar-refractivity contribution is 5.94. The molecule has 0 spiro atoms. The van der Waals surface area contributed by atoms with Crippen molar-refractivity contribution in [2.45, 2.75) is 13.0 Å². The number of ether oxygens (including phenoxy) is 1. The summed E-state index contributed by atoms with van der Waals surface area (Å²) in [5.41, 5.74) is 5.82. The van der Waals surface area contributed by atoms with E-state index < -0.39 is 5.97 Å². The second-order valence-electron chi connectivity index (χ2n) is 4.92. The van der Waals surface area contributed by atoms with Crippen LogP contribution in [-0.4, -0.2) is 59.8 Å². The molecule has 0 aliphatic carbocycles. The van der Waals surface area contributed by atoms with Gasteiger partial charge in [-0.25, -0.2) is 9.78 Å². The van der Waals surface area contributed by atoms with Crippen molar-refractivity contribution >= 4 is 17.5 Å². The molecule has 0 aromatic carbocycles. The van der Waals surface area contributed by atoms with E-state index in [0.29, 0.717) is 5.82 Å². The lowest BCUT2D eigenvalue weighted by Crippen LogP contribution is -2.42. The van der Waals surface area contributed by atoms with Gasteiger partial charge in [0.05, 0.1) is 30.7 Å². The molecule has 7 nitrogen and oxygen atoms in total. The van der Waals surface area contributed by atoms with Gasteiger partial charge in [-0.2, -0.15) is 0 Å². The third-order valence-electron chi connectivity index (χ3n) is 3.20. The molecule has 1 saturated heterocycles. The minimum atomic E-state index is -1.05. The van der Waals surface area contributed by atoms with Gasteiger partial charge < -0.3 is 20.9 Å². The number of hydrogen-bond donors (Lipinski definition) is 3. The molecule has 1 fully saturated rings. The zero-order valence-electron chi connectivity index (χ0n) is 11.5. The van der Waals surface area contributed by atoms with Gasteiger partial charge in [0.25, 0.3) is 0 Å². The summed E-state index contributed by atoms with van der Waals surface area (Å²) in [5, 5.41) is 12.2. The van der Waals surface area contributed by atoms with Gasteiger partial charge in [0.1, 0.15) is 5.82 Å². The fourth-order valence-corrected chi connectivity index (χ4v) is 2.20. The minimum Gasteiger partial charge on any atom is -0.478 e. The quantitative estimate of drug-likeness (QED) is 0.721. The van der Waals surface area contributed by atoms with Gasteiger partial charge in [0.15, 0.2) is 0 Å². The normalized spacial score (nSPS) is 17.6. The largest absolute Gasteiger partial charge is 0.478 e. The molecule has 0 radical (unpaired) electrons. The lowest BCUT2D eigenvalue weighted by Gasteiger charge is -2.29. The number of pyridine rings is 1. The molecule has 0 bridgehead atoms. The van der Waals surface area contributed by atoms with Gasteiger partial charge in [-0.15, -0.1) is 0 Å². The number of carbonyl (C=O) groups is 1. The molecule has 7 heteroatoms. The van der Waals surface area contributed by atoms with Crippen LogP contribution in [0, 0.1) is 0 Å². The van der Waals surface area contributed by atoms with E-state index in [4.69, 9.17) is 15.6 Å². The predicted molar refractivity (Wildman–Crippen MR) is 76.0 cm³/mol. The van der Waals surface area contributed by atoms with Crippen LogP contribution in [0.5, 0.6) is 0 Å². The number of hydrogen-bond acceptors (Lipinski definition) is 6. The van der Waals surface area contributed by atoms with E-state index in [-0.39, 0.29) is 17.3 Å². The van der Waals surface area contributed by atoms with E-state index in [2.05, 4.69) is 15.2 Å². The molecule has 1 unspecified atom stereocenters. The number of nitrogens with zero attached hydrogens (tertiary/aromatic N) is 2. The lowest BCUT2D eigenvalue weighted by atomic mass is 10.2. The molecule has 2 rings (SSSR count). The van der Waals surface area contributed by atoms with Crippen molar-refractivity contribution in [1.82, 2.24) is 9.88 Å². The van der Waals surface area contributed by atoms with Crippen molar-refractivity contribution in [3.8, 4) is 0 Å². The highest BCUT2D eigenvalue weighted by atomic mass is 16.5. The first-order valence-corrected chi connectivity index (χ1v) is 6.61. The second kappa shape index (κ2) is 6.53. The van der Waals surface area contributed by atoms with Crippen molar-refractivity contribution in [3.05, 3.63) is 17.8 Å². The molecule has 4 N–H and O–H groups in total. The van der Waals surface area contributed by atoms with Crippen LogP contribution in [0.15, 0.2) is 12.3 Å². The third-order valence-corrected chi connectivity index (χ3v) is 3.20.